The minimum absolute atomic E-state index is 0.146. The smallest absolute Gasteiger partial charge is 0.206 e. The molecule has 35 heavy (non-hydrogen) atoms. The summed E-state index contributed by atoms with van der Waals surface area (Å²) in [5, 5.41) is 0.714. The third kappa shape index (κ3) is 5.26. The fraction of sp³-hybridized carbons (Fsp3) is 0.370. The highest BCUT2D eigenvalue weighted by atomic mass is 35.5. The van der Waals surface area contributed by atoms with E-state index >= 15 is 0 Å². The number of aromatic nitrogens is 4. The molecule has 5 N–H and O–H groups in total. The molecule has 0 saturated carbocycles. The summed E-state index contributed by atoms with van der Waals surface area (Å²) in [4.78, 5) is 19.1. The normalized spacial score (nSPS) is 19.5. The minimum atomic E-state index is 0.146. The van der Waals surface area contributed by atoms with E-state index in [0.29, 0.717) is 16.4 Å². The van der Waals surface area contributed by atoms with Crippen molar-refractivity contribution in [3.63, 3.8) is 0 Å². The highest BCUT2D eigenvalue weighted by Crippen LogP contribution is 2.50. The number of imidazole rings is 1. The van der Waals surface area contributed by atoms with Crippen LogP contribution in [0.3, 0.4) is 0 Å². The van der Waals surface area contributed by atoms with E-state index in [4.69, 9.17) is 23.1 Å². The second kappa shape index (κ2) is 10.2. The molecular formula is C27H34ClN7. The minimum Gasteiger partial charge on any atom is -0.399 e. The second-order valence-corrected chi connectivity index (χ2v) is 9.89. The molecule has 3 heterocycles. The van der Waals surface area contributed by atoms with Crippen LogP contribution in [0.5, 0.6) is 0 Å². The highest BCUT2D eigenvalue weighted by molar-refractivity contribution is 6.31. The van der Waals surface area contributed by atoms with Crippen LogP contribution >= 0.6 is 11.6 Å². The molecule has 2 aromatic heterocycles. The Labute approximate surface area is 212 Å². The van der Waals surface area contributed by atoms with Crippen molar-refractivity contribution >= 4 is 28.8 Å². The average Bonchev–Trinajstić information content (AvgIpc) is 3.38. The Morgan fingerprint density at radius 3 is 2.63 bits per heavy atom. The molecule has 3 aromatic rings. The van der Waals surface area contributed by atoms with Crippen molar-refractivity contribution in [1.82, 2.24) is 19.9 Å². The van der Waals surface area contributed by atoms with E-state index in [1.165, 1.54) is 11.1 Å². The third-order valence-corrected chi connectivity index (χ3v) is 7.52. The van der Waals surface area contributed by atoms with Crippen LogP contribution in [0.1, 0.15) is 49.6 Å². The Bertz CT molecular complexity index is 1280. The average molecular weight is 492 g/mol. The molecule has 5 rings (SSSR count). The van der Waals surface area contributed by atoms with Crippen molar-refractivity contribution in [2.75, 3.05) is 18.0 Å². The number of allylic oxidation sites excluding steroid dienone is 4. The number of piperidine rings is 1. The Kier molecular flexibility index (Phi) is 7.28. The van der Waals surface area contributed by atoms with Crippen molar-refractivity contribution in [3.8, 4) is 0 Å². The first-order valence-corrected chi connectivity index (χ1v) is 12.3. The fourth-order valence-electron chi connectivity index (χ4n) is 5.06. The van der Waals surface area contributed by atoms with Gasteiger partial charge in [-0.1, -0.05) is 48.5 Å². The summed E-state index contributed by atoms with van der Waals surface area (Å²) in [6, 6.07) is 8.79. The van der Waals surface area contributed by atoms with Gasteiger partial charge in [0.2, 0.25) is 5.95 Å². The van der Waals surface area contributed by atoms with Gasteiger partial charge >= 0.3 is 0 Å². The van der Waals surface area contributed by atoms with Crippen molar-refractivity contribution < 1.29 is 0 Å². The van der Waals surface area contributed by atoms with Crippen LogP contribution in [-0.4, -0.2) is 33.0 Å². The number of H-pyrrole nitrogens is 1. The highest BCUT2D eigenvalue weighted by Gasteiger charge is 2.46. The number of nitrogens with two attached hydrogens (primary N) is 2. The SMILES string of the molecule is C=C(N)/C=C(C)\C(Cl)=C/C.Cc1cnc2nc(N3CCC4(CC3)Cc3ccccc3[C@H]4N)[nH]c2n1. The molecule has 0 unspecified atom stereocenters. The largest absolute Gasteiger partial charge is 0.399 e. The molecule has 1 spiro atoms. The van der Waals surface area contributed by atoms with Crippen molar-refractivity contribution in [2.45, 2.75) is 46.1 Å². The summed E-state index contributed by atoms with van der Waals surface area (Å²) in [6.45, 7) is 11.1. The second-order valence-electron chi connectivity index (χ2n) is 9.49. The van der Waals surface area contributed by atoms with E-state index in [1.807, 2.05) is 26.8 Å². The Hall–Kier alpha value is -3.16. The number of aryl methyl sites for hydroxylation is 1. The summed E-state index contributed by atoms with van der Waals surface area (Å²) in [6.07, 6.45) is 8.58. The molecule has 184 valence electrons. The lowest BCUT2D eigenvalue weighted by atomic mass is 9.73. The number of hydrogen-bond acceptors (Lipinski definition) is 6. The van der Waals surface area contributed by atoms with Gasteiger partial charge in [0, 0.05) is 29.9 Å². The van der Waals surface area contributed by atoms with Crippen LogP contribution in [0.15, 0.2) is 65.5 Å². The molecule has 0 radical (unpaired) electrons. The molecule has 2 aliphatic rings. The number of halogens is 1. The molecule has 1 aliphatic heterocycles. The molecule has 7 nitrogen and oxygen atoms in total. The number of aromatic amines is 1. The van der Waals surface area contributed by atoms with Gasteiger partial charge in [0.1, 0.15) is 0 Å². The molecule has 8 heteroatoms. The first kappa shape index (κ1) is 24.9. The summed E-state index contributed by atoms with van der Waals surface area (Å²) in [7, 11) is 0. The Morgan fingerprint density at radius 1 is 1.26 bits per heavy atom. The Balaban J connectivity index is 0.000000248. The predicted octanol–water partition coefficient (Wildman–Crippen LogP) is 5.05. The number of fused-ring (bicyclic) bond motifs is 2. The summed E-state index contributed by atoms with van der Waals surface area (Å²) in [5.74, 6) is 0.875. The van der Waals surface area contributed by atoms with Gasteiger partial charge in [-0.25, -0.2) is 9.97 Å². The van der Waals surface area contributed by atoms with Gasteiger partial charge in [-0.3, -0.25) is 0 Å². The van der Waals surface area contributed by atoms with Crippen LogP contribution < -0.4 is 16.4 Å². The number of anilines is 1. The first-order valence-electron chi connectivity index (χ1n) is 11.9. The number of nitrogens with one attached hydrogen (secondary N) is 1. The molecule has 1 saturated heterocycles. The monoisotopic (exact) mass is 491 g/mol. The van der Waals surface area contributed by atoms with Crippen molar-refractivity contribution in [3.05, 3.63) is 82.3 Å². The maximum absolute atomic E-state index is 6.66. The lowest BCUT2D eigenvalue weighted by Crippen LogP contribution is -2.44. The summed E-state index contributed by atoms with van der Waals surface area (Å²) >= 11 is 5.76. The van der Waals surface area contributed by atoms with E-state index in [-0.39, 0.29) is 11.5 Å². The zero-order chi connectivity index (χ0) is 25.2. The standard InChI is InChI=1S/C19H22N6.C8H12ClN/c1-12-11-21-16-17(22-12)24-18(23-16)25-8-6-19(7-9-25)10-13-4-2-3-5-14(13)15(19)20;1-4-8(9)6(2)5-7(3)10/h2-5,11,15H,6-10,20H2,1H3,(H,21,22,23,24);4-5H,3,10H2,1-2H3/b;6-5-,8-4+/t15-;/m1./s1. The van der Waals surface area contributed by atoms with E-state index in [1.54, 1.807) is 12.3 Å². The molecule has 1 aliphatic carbocycles. The van der Waals surface area contributed by atoms with Gasteiger partial charge in [-0.2, -0.15) is 4.98 Å². The van der Waals surface area contributed by atoms with E-state index in [9.17, 15) is 0 Å². The van der Waals surface area contributed by atoms with E-state index in [0.717, 1.165) is 55.2 Å². The van der Waals surface area contributed by atoms with Gasteiger partial charge in [0.15, 0.2) is 11.3 Å². The molecule has 1 fully saturated rings. The van der Waals surface area contributed by atoms with Crippen LogP contribution in [0, 0.1) is 12.3 Å². The van der Waals surface area contributed by atoms with Crippen molar-refractivity contribution in [2.24, 2.45) is 16.9 Å². The number of nitrogens with zero attached hydrogens (tertiary/aromatic N) is 4. The van der Waals surface area contributed by atoms with Gasteiger partial charge in [-0.15, -0.1) is 0 Å². The lowest BCUT2D eigenvalue weighted by molar-refractivity contribution is 0.187. The van der Waals surface area contributed by atoms with Crippen LogP contribution in [0.2, 0.25) is 0 Å². The molecule has 1 aromatic carbocycles. The number of rotatable bonds is 3. The third-order valence-electron chi connectivity index (χ3n) is 7.00. The van der Waals surface area contributed by atoms with Crippen molar-refractivity contribution in [1.29, 1.82) is 0 Å². The van der Waals surface area contributed by atoms with E-state index in [2.05, 4.69) is 55.7 Å². The maximum atomic E-state index is 6.66. The Morgan fingerprint density at radius 2 is 1.97 bits per heavy atom. The first-order chi connectivity index (χ1) is 16.7. The summed E-state index contributed by atoms with van der Waals surface area (Å²) < 4.78 is 0. The number of benzene rings is 1. The van der Waals surface area contributed by atoms with E-state index < -0.39 is 0 Å². The quantitative estimate of drug-likeness (QED) is 0.442. The van der Waals surface area contributed by atoms with Gasteiger partial charge in [-0.05, 0) is 68.2 Å². The van der Waals surface area contributed by atoms with Gasteiger partial charge in [0.05, 0.1) is 11.9 Å². The van der Waals surface area contributed by atoms with Gasteiger partial charge in [0.25, 0.3) is 0 Å². The fourth-order valence-corrected chi connectivity index (χ4v) is 5.12. The number of hydrogen-bond donors (Lipinski definition) is 3. The summed E-state index contributed by atoms with van der Waals surface area (Å²) in [5.41, 5.74) is 18.8. The lowest BCUT2D eigenvalue weighted by Gasteiger charge is -2.42. The molecular weight excluding hydrogens is 458 g/mol. The molecule has 0 bridgehead atoms. The molecule has 1 atom stereocenters. The maximum Gasteiger partial charge on any atom is 0.206 e. The van der Waals surface area contributed by atoms with Crippen LogP contribution in [-0.2, 0) is 6.42 Å². The predicted molar refractivity (Wildman–Crippen MR) is 144 cm³/mol. The van der Waals surface area contributed by atoms with Gasteiger partial charge < -0.3 is 21.4 Å². The van der Waals surface area contributed by atoms with Crippen LogP contribution in [0.4, 0.5) is 5.95 Å². The topological polar surface area (TPSA) is 110 Å². The zero-order valence-electron chi connectivity index (χ0n) is 20.7. The zero-order valence-corrected chi connectivity index (χ0v) is 21.4. The van der Waals surface area contributed by atoms with Crippen LogP contribution in [0.25, 0.3) is 11.3 Å². The molecule has 0 amide bonds.